The summed E-state index contributed by atoms with van der Waals surface area (Å²) in [5.74, 6) is 0.774. The lowest BCUT2D eigenvalue weighted by atomic mass is 10.1. The second-order valence-corrected chi connectivity index (χ2v) is 6.16. The van der Waals surface area contributed by atoms with Crippen molar-refractivity contribution in [3.63, 3.8) is 0 Å². The molecule has 0 saturated heterocycles. The minimum atomic E-state index is 0.774. The number of aryl methyl sites for hydroxylation is 3. The van der Waals surface area contributed by atoms with Gasteiger partial charge in [0.25, 0.3) is 0 Å². The van der Waals surface area contributed by atoms with Crippen LogP contribution in [0.3, 0.4) is 0 Å². The van der Waals surface area contributed by atoms with Crippen molar-refractivity contribution >= 4 is 17.3 Å². The molecule has 4 nitrogen and oxygen atoms in total. The first-order valence-electron chi connectivity index (χ1n) is 8.36. The van der Waals surface area contributed by atoms with Crippen LogP contribution in [0.15, 0.2) is 24.3 Å². The highest BCUT2D eigenvalue weighted by atomic mass is 15.3. The van der Waals surface area contributed by atoms with Crippen LogP contribution in [-0.2, 0) is 6.42 Å². The Bertz CT molecular complexity index is 644. The highest BCUT2D eigenvalue weighted by Crippen LogP contribution is 2.33. The molecule has 1 aromatic carbocycles. The van der Waals surface area contributed by atoms with Gasteiger partial charge in [0.1, 0.15) is 0 Å². The Morgan fingerprint density at radius 3 is 2.09 bits per heavy atom. The summed E-state index contributed by atoms with van der Waals surface area (Å²) in [6.07, 6.45) is 2.26. The molecule has 0 radical (unpaired) electrons. The van der Waals surface area contributed by atoms with Crippen molar-refractivity contribution in [2.75, 3.05) is 30.4 Å². The number of benzene rings is 1. The van der Waals surface area contributed by atoms with E-state index >= 15 is 0 Å². The summed E-state index contributed by atoms with van der Waals surface area (Å²) in [5, 5.41) is 0. The minimum absolute atomic E-state index is 0.774. The normalized spacial score (nSPS) is 10.7. The quantitative estimate of drug-likeness (QED) is 0.797. The molecule has 124 valence electrons. The minimum Gasteiger partial charge on any atom is -0.376 e. The van der Waals surface area contributed by atoms with Gasteiger partial charge in [0.15, 0.2) is 0 Å². The average Bonchev–Trinajstić information content (AvgIpc) is 2.48. The van der Waals surface area contributed by atoms with Crippen LogP contribution in [0, 0.1) is 13.8 Å². The van der Waals surface area contributed by atoms with Crippen LogP contribution in [0.2, 0.25) is 0 Å². The molecule has 1 aromatic heterocycles. The van der Waals surface area contributed by atoms with Gasteiger partial charge in [-0.25, -0.2) is 9.97 Å². The summed E-state index contributed by atoms with van der Waals surface area (Å²) in [6.45, 7) is 9.22. The summed E-state index contributed by atoms with van der Waals surface area (Å²) < 4.78 is 0. The largest absolute Gasteiger partial charge is 0.376 e. The van der Waals surface area contributed by atoms with Gasteiger partial charge in [0.2, 0.25) is 5.95 Å². The van der Waals surface area contributed by atoms with Crippen molar-refractivity contribution in [1.82, 2.24) is 9.97 Å². The second-order valence-electron chi connectivity index (χ2n) is 6.16. The fourth-order valence-electron chi connectivity index (χ4n) is 2.85. The van der Waals surface area contributed by atoms with Gasteiger partial charge in [-0.2, -0.15) is 0 Å². The monoisotopic (exact) mass is 312 g/mol. The SMILES string of the molecule is CCCc1ccc(N(CC)c2nc(C)cc(C)n2)c(N(C)C)c1. The summed E-state index contributed by atoms with van der Waals surface area (Å²) in [4.78, 5) is 13.6. The van der Waals surface area contributed by atoms with Crippen LogP contribution < -0.4 is 9.80 Å². The third-order valence-electron chi connectivity index (χ3n) is 3.88. The van der Waals surface area contributed by atoms with Crippen molar-refractivity contribution in [2.24, 2.45) is 0 Å². The highest BCUT2D eigenvalue weighted by Gasteiger charge is 2.16. The number of hydrogen-bond donors (Lipinski definition) is 0. The average molecular weight is 312 g/mol. The molecule has 0 aliphatic carbocycles. The number of nitrogens with zero attached hydrogens (tertiary/aromatic N) is 4. The summed E-state index contributed by atoms with van der Waals surface area (Å²) >= 11 is 0. The predicted octanol–water partition coefficient (Wildman–Crippen LogP) is 4.27. The smallest absolute Gasteiger partial charge is 0.230 e. The molecular weight excluding hydrogens is 284 g/mol. The molecule has 23 heavy (non-hydrogen) atoms. The standard InChI is InChI=1S/C19H28N4/c1-7-9-16-10-11-17(18(13-16)22(5)6)23(8-2)19-20-14(3)12-15(4)21-19/h10-13H,7-9H2,1-6H3. The molecule has 2 aromatic rings. The Labute approximate surface area is 140 Å². The molecule has 0 spiro atoms. The Morgan fingerprint density at radius 1 is 0.913 bits per heavy atom. The van der Waals surface area contributed by atoms with Crippen LogP contribution in [-0.4, -0.2) is 30.6 Å². The number of hydrogen-bond acceptors (Lipinski definition) is 4. The van der Waals surface area contributed by atoms with E-state index in [0.29, 0.717) is 0 Å². The Kier molecular flexibility index (Phi) is 5.59. The number of aromatic nitrogens is 2. The first-order chi connectivity index (χ1) is 11.0. The molecule has 0 amide bonds. The molecule has 0 fully saturated rings. The maximum absolute atomic E-state index is 4.64. The Hall–Kier alpha value is -2.10. The van der Waals surface area contributed by atoms with E-state index in [1.54, 1.807) is 0 Å². The van der Waals surface area contributed by atoms with Gasteiger partial charge in [-0.1, -0.05) is 19.4 Å². The van der Waals surface area contributed by atoms with E-state index in [-0.39, 0.29) is 0 Å². The summed E-state index contributed by atoms with van der Waals surface area (Å²) in [6, 6.07) is 8.71. The zero-order valence-corrected chi connectivity index (χ0v) is 15.2. The van der Waals surface area contributed by atoms with Crippen molar-refractivity contribution in [3.8, 4) is 0 Å². The third kappa shape index (κ3) is 4.01. The number of anilines is 3. The molecule has 0 unspecified atom stereocenters. The lowest BCUT2D eigenvalue weighted by Crippen LogP contribution is -2.23. The van der Waals surface area contributed by atoms with E-state index in [0.717, 1.165) is 42.4 Å². The fourth-order valence-corrected chi connectivity index (χ4v) is 2.85. The van der Waals surface area contributed by atoms with E-state index in [2.05, 4.69) is 65.9 Å². The van der Waals surface area contributed by atoms with Crippen molar-refractivity contribution < 1.29 is 0 Å². The summed E-state index contributed by atoms with van der Waals surface area (Å²) in [5.41, 5.74) is 5.74. The van der Waals surface area contributed by atoms with Gasteiger partial charge < -0.3 is 9.80 Å². The van der Waals surface area contributed by atoms with Gasteiger partial charge in [-0.15, -0.1) is 0 Å². The third-order valence-corrected chi connectivity index (χ3v) is 3.88. The molecule has 0 saturated carbocycles. The molecule has 0 aliphatic heterocycles. The molecule has 0 aliphatic rings. The zero-order valence-electron chi connectivity index (χ0n) is 15.2. The maximum atomic E-state index is 4.64. The van der Waals surface area contributed by atoms with Crippen molar-refractivity contribution in [1.29, 1.82) is 0 Å². The first-order valence-corrected chi connectivity index (χ1v) is 8.36. The summed E-state index contributed by atoms with van der Waals surface area (Å²) in [7, 11) is 4.18. The fraction of sp³-hybridized carbons (Fsp3) is 0.474. The van der Waals surface area contributed by atoms with Crippen LogP contribution >= 0.6 is 0 Å². The van der Waals surface area contributed by atoms with Crippen molar-refractivity contribution in [2.45, 2.75) is 40.5 Å². The van der Waals surface area contributed by atoms with Gasteiger partial charge in [0.05, 0.1) is 11.4 Å². The van der Waals surface area contributed by atoms with Crippen LogP contribution in [0.5, 0.6) is 0 Å². The van der Waals surface area contributed by atoms with Gasteiger partial charge in [-0.3, -0.25) is 0 Å². The Morgan fingerprint density at radius 2 is 1.57 bits per heavy atom. The van der Waals surface area contributed by atoms with E-state index in [9.17, 15) is 0 Å². The van der Waals surface area contributed by atoms with E-state index in [4.69, 9.17) is 0 Å². The van der Waals surface area contributed by atoms with Gasteiger partial charge in [0, 0.05) is 32.0 Å². The van der Waals surface area contributed by atoms with Crippen LogP contribution in [0.25, 0.3) is 0 Å². The molecule has 0 N–H and O–H groups in total. The molecule has 0 bridgehead atoms. The van der Waals surface area contributed by atoms with Crippen LogP contribution in [0.4, 0.5) is 17.3 Å². The van der Waals surface area contributed by atoms with E-state index in [1.807, 2.05) is 19.9 Å². The highest BCUT2D eigenvalue weighted by molar-refractivity contribution is 5.75. The van der Waals surface area contributed by atoms with Crippen molar-refractivity contribution in [3.05, 3.63) is 41.2 Å². The number of rotatable bonds is 6. The van der Waals surface area contributed by atoms with Gasteiger partial charge in [-0.05, 0) is 51.0 Å². The molecule has 1 heterocycles. The molecule has 2 rings (SSSR count). The zero-order chi connectivity index (χ0) is 17.0. The topological polar surface area (TPSA) is 32.3 Å². The first kappa shape index (κ1) is 17.3. The molecular formula is C19H28N4. The Balaban J connectivity index is 2.52. The molecule has 4 heteroatoms. The lowest BCUT2D eigenvalue weighted by Gasteiger charge is -2.27. The second kappa shape index (κ2) is 7.44. The van der Waals surface area contributed by atoms with E-state index < -0.39 is 0 Å². The van der Waals surface area contributed by atoms with Crippen LogP contribution in [0.1, 0.15) is 37.2 Å². The molecule has 0 atom stereocenters. The predicted molar refractivity (Wildman–Crippen MR) is 99.0 cm³/mol. The maximum Gasteiger partial charge on any atom is 0.230 e. The van der Waals surface area contributed by atoms with E-state index in [1.165, 1.54) is 11.3 Å². The lowest BCUT2D eigenvalue weighted by molar-refractivity contribution is 0.904. The van der Waals surface area contributed by atoms with Gasteiger partial charge >= 0.3 is 0 Å².